The minimum absolute atomic E-state index is 0.0621. The number of nitrogens with two attached hydrogens (primary N) is 1. The molecule has 0 saturated carbocycles. The standard InChI is InChI=1S/C14H29N3O3/c1-10(2)13(18)7-11-6-12(16-14(19)20-3)9-17(8-11)5-4-15/h10-13,18H,4-9,15H2,1-3H3,(H,16,19). The first-order valence-electron chi connectivity index (χ1n) is 7.41. The molecule has 0 bridgehead atoms. The first-order chi connectivity index (χ1) is 9.46. The number of hydrogen-bond donors (Lipinski definition) is 3. The number of amides is 1. The van der Waals surface area contributed by atoms with Crippen LogP contribution in [0, 0.1) is 11.8 Å². The van der Waals surface area contributed by atoms with Gasteiger partial charge in [-0.15, -0.1) is 0 Å². The Kier molecular flexibility index (Phi) is 7.26. The van der Waals surface area contributed by atoms with Crippen LogP contribution < -0.4 is 11.1 Å². The summed E-state index contributed by atoms with van der Waals surface area (Å²) >= 11 is 0. The largest absolute Gasteiger partial charge is 0.453 e. The third kappa shape index (κ3) is 5.64. The summed E-state index contributed by atoms with van der Waals surface area (Å²) in [7, 11) is 1.37. The van der Waals surface area contributed by atoms with E-state index in [9.17, 15) is 9.90 Å². The van der Waals surface area contributed by atoms with Crippen molar-refractivity contribution in [1.82, 2.24) is 10.2 Å². The summed E-state index contributed by atoms with van der Waals surface area (Å²) in [6.45, 7) is 7.18. The van der Waals surface area contributed by atoms with Gasteiger partial charge in [-0.1, -0.05) is 13.8 Å². The number of piperidine rings is 1. The van der Waals surface area contributed by atoms with E-state index in [1.165, 1.54) is 7.11 Å². The Balaban J connectivity index is 2.57. The maximum Gasteiger partial charge on any atom is 0.407 e. The number of nitrogens with zero attached hydrogens (tertiary/aromatic N) is 1. The molecular weight excluding hydrogens is 258 g/mol. The van der Waals surface area contributed by atoms with Gasteiger partial charge in [-0.05, 0) is 24.7 Å². The quantitative estimate of drug-likeness (QED) is 0.658. The normalized spacial score (nSPS) is 25.5. The van der Waals surface area contributed by atoms with E-state index >= 15 is 0 Å². The van der Waals surface area contributed by atoms with Crippen LogP contribution in [-0.4, -0.2) is 61.5 Å². The number of ether oxygens (including phenoxy) is 1. The van der Waals surface area contributed by atoms with E-state index in [2.05, 4.69) is 15.0 Å². The van der Waals surface area contributed by atoms with Gasteiger partial charge >= 0.3 is 6.09 Å². The van der Waals surface area contributed by atoms with Crippen molar-refractivity contribution < 1.29 is 14.6 Å². The summed E-state index contributed by atoms with van der Waals surface area (Å²) < 4.78 is 4.66. The molecule has 3 atom stereocenters. The monoisotopic (exact) mass is 287 g/mol. The average molecular weight is 287 g/mol. The van der Waals surface area contributed by atoms with Crippen LogP contribution in [-0.2, 0) is 4.74 Å². The van der Waals surface area contributed by atoms with Gasteiger partial charge in [0, 0.05) is 32.2 Å². The fourth-order valence-electron chi connectivity index (χ4n) is 2.78. The fourth-order valence-corrected chi connectivity index (χ4v) is 2.78. The summed E-state index contributed by atoms with van der Waals surface area (Å²) in [6, 6.07) is 0.0621. The van der Waals surface area contributed by atoms with Crippen molar-refractivity contribution in [2.75, 3.05) is 33.3 Å². The van der Waals surface area contributed by atoms with Crippen molar-refractivity contribution in [3.8, 4) is 0 Å². The molecule has 1 aliphatic heterocycles. The van der Waals surface area contributed by atoms with Crippen LogP contribution in [0.5, 0.6) is 0 Å². The number of rotatable bonds is 6. The maximum atomic E-state index is 11.4. The Hall–Kier alpha value is -0.850. The number of aliphatic hydroxyl groups excluding tert-OH is 1. The summed E-state index contributed by atoms with van der Waals surface area (Å²) in [5.41, 5.74) is 5.62. The molecule has 0 radical (unpaired) electrons. The van der Waals surface area contributed by atoms with Gasteiger partial charge < -0.3 is 20.9 Å². The van der Waals surface area contributed by atoms with Gasteiger partial charge in [0.1, 0.15) is 0 Å². The third-order valence-corrected chi connectivity index (χ3v) is 3.91. The van der Waals surface area contributed by atoms with Gasteiger partial charge in [0.05, 0.1) is 13.2 Å². The molecular formula is C14H29N3O3. The molecule has 1 aliphatic rings. The summed E-state index contributed by atoms with van der Waals surface area (Å²) in [5, 5.41) is 12.9. The number of aliphatic hydroxyl groups is 1. The molecule has 0 aliphatic carbocycles. The Morgan fingerprint density at radius 2 is 2.20 bits per heavy atom. The van der Waals surface area contributed by atoms with Gasteiger partial charge in [0.25, 0.3) is 0 Å². The van der Waals surface area contributed by atoms with Crippen molar-refractivity contribution in [1.29, 1.82) is 0 Å². The highest BCUT2D eigenvalue weighted by atomic mass is 16.5. The predicted molar refractivity (Wildman–Crippen MR) is 78.4 cm³/mol. The molecule has 1 saturated heterocycles. The molecule has 0 aromatic heterocycles. The smallest absolute Gasteiger partial charge is 0.407 e. The van der Waals surface area contributed by atoms with Gasteiger partial charge in [-0.2, -0.15) is 0 Å². The number of hydrogen-bond acceptors (Lipinski definition) is 5. The Labute approximate surface area is 121 Å². The lowest BCUT2D eigenvalue weighted by atomic mass is 9.87. The molecule has 0 spiro atoms. The molecule has 3 unspecified atom stereocenters. The zero-order valence-corrected chi connectivity index (χ0v) is 12.8. The highest BCUT2D eigenvalue weighted by Gasteiger charge is 2.29. The molecule has 118 valence electrons. The van der Waals surface area contributed by atoms with Crippen molar-refractivity contribution in [3.63, 3.8) is 0 Å². The van der Waals surface area contributed by atoms with Crippen molar-refractivity contribution in [2.24, 2.45) is 17.6 Å². The van der Waals surface area contributed by atoms with Crippen LogP contribution in [0.3, 0.4) is 0 Å². The molecule has 1 fully saturated rings. The summed E-state index contributed by atoms with van der Waals surface area (Å²) in [4.78, 5) is 13.6. The van der Waals surface area contributed by atoms with Gasteiger partial charge in [-0.25, -0.2) is 4.79 Å². The Bertz CT molecular complexity index is 299. The van der Waals surface area contributed by atoms with Gasteiger partial charge in [0.15, 0.2) is 0 Å². The van der Waals surface area contributed by atoms with Crippen LogP contribution in [0.2, 0.25) is 0 Å². The number of methoxy groups -OCH3 is 1. The van der Waals surface area contributed by atoms with Crippen LogP contribution in [0.15, 0.2) is 0 Å². The van der Waals surface area contributed by atoms with Crippen LogP contribution in [0.4, 0.5) is 4.79 Å². The zero-order chi connectivity index (χ0) is 15.1. The molecule has 1 rings (SSSR count). The minimum atomic E-state index is -0.396. The molecule has 0 aromatic carbocycles. The van der Waals surface area contributed by atoms with Crippen LogP contribution in [0.1, 0.15) is 26.7 Å². The lowest BCUT2D eigenvalue weighted by Crippen LogP contribution is -2.52. The number of likely N-dealkylation sites (tertiary alicyclic amines) is 1. The average Bonchev–Trinajstić information content (AvgIpc) is 2.38. The topological polar surface area (TPSA) is 87.8 Å². The maximum absolute atomic E-state index is 11.4. The number of carbonyl (C=O) groups excluding carboxylic acids is 1. The van der Waals surface area contributed by atoms with Crippen molar-refractivity contribution in [2.45, 2.75) is 38.8 Å². The second-order valence-corrected chi connectivity index (χ2v) is 6.03. The van der Waals surface area contributed by atoms with Crippen LogP contribution in [0.25, 0.3) is 0 Å². The lowest BCUT2D eigenvalue weighted by Gasteiger charge is -2.38. The van der Waals surface area contributed by atoms with E-state index in [0.717, 1.165) is 32.5 Å². The Morgan fingerprint density at radius 3 is 2.75 bits per heavy atom. The highest BCUT2D eigenvalue weighted by molar-refractivity contribution is 5.67. The van der Waals surface area contributed by atoms with Gasteiger partial charge in [0.2, 0.25) is 0 Å². The first kappa shape index (κ1) is 17.2. The zero-order valence-electron chi connectivity index (χ0n) is 12.8. The fraction of sp³-hybridized carbons (Fsp3) is 0.929. The van der Waals surface area contributed by atoms with E-state index in [1.807, 2.05) is 13.8 Å². The summed E-state index contributed by atoms with van der Waals surface area (Å²) in [6.07, 6.45) is 0.947. The molecule has 20 heavy (non-hydrogen) atoms. The van der Waals surface area contributed by atoms with Gasteiger partial charge in [-0.3, -0.25) is 4.90 Å². The molecule has 0 aromatic rings. The second kappa shape index (κ2) is 8.44. The molecule has 1 amide bonds. The molecule has 4 N–H and O–H groups in total. The van der Waals surface area contributed by atoms with E-state index in [1.54, 1.807) is 0 Å². The lowest BCUT2D eigenvalue weighted by molar-refractivity contribution is 0.0618. The first-order valence-corrected chi connectivity index (χ1v) is 7.41. The van der Waals surface area contributed by atoms with E-state index < -0.39 is 6.09 Å². The SMILES string of the molecule is COC(=O)NC1CC(CC(O)C(C)C)CN(CCN)C1. The van der Waals surface area contributed by atoms with Crippen molar-refractivity contribution in [3.05, 3.63) is 0 Å². The number of carbonyl (C=O) groups is 1. The van der Waals surface area contributed by atoms with E-state index in [-0.39, 0.29) is 18.1 Å². The molecule has 1 heterocycles. The highest BCUT2D eigenvalue weighted by Crippen LogP contribution is 2.23. The number of alkyl carbamates (subject to hydrolysis) is 1. The van der Waals surface area contributed by atoms with Crippen LogP contribution >= 0.6 is 0 Å². The molecule has 6 heteroatoms. The van der Waals surface area contributed by atoms with Crippen molar-refractivity contribution >= 4 is 6.09 Å². The Morgan fingerprint density at radius 1 is 1.50 bits per heavy atom. The molecule has 6 nitrogen and oxygen atoms in total. The third-order valence-electron chi connectivity index (χ3n) is 3.91. The number of nitrogens with one attached hydrogen (secondary N) is 1. The van der Waals surface area contributed by atoms with E-state index in [0.29, 0.717) is 12.5 Å². The predicted octanol–water partition coefficient (Wildman–Crippen LogP) is 0.399. The van der Waals surface area contributed by atoms with E-state index in [4.69, 9.17) is 5.73 Å². The summed E-state index contributed by atoms with van der Waals surface area (Å²) in [5.74, 6) is 0.627. The second-order valence-electron chi connectivity index (χ2n) is 6.03. The minimum Gasteiger partial charge on any atom is -0.453 e.